The topological polar surface area (TPSA) is 41.6 Å². The molecule has 0 bridgehead atoms. The molecule has 2 fully saturated rings. The SMILES string of the molecule is CC(=O)Oc1ccc([C@H](C2CCC2)N2CCNCC2)cc1.Cl.Cl. The second kappa shape index (κ2) is 9.48. The third-order valence-electron chi connectivity index (χ3n) is 4.62. The van der Waals surface area contributed by atoms with Crippen LogP contribution in [0.3, 0.4) is 0 Å². The van der Waals surface area contributed by atoms with Crippen molar-refractivity contribution in [2.45, 2.75) is 32.2 Å². The van der Waals surface area contributed by atoms with E-state index < -0.39 is 0 Å². The van der Waals surface area contributed by atoms with Gasteiger partial charge in [0.15, 0.2) is 0 Å². The zero-order chi connectivity index (χ0) is 14.7. The van der Waals surface area contributed by atoms with Crippen molar-refractivity contribution in [2.24, 2.45) is 5.92 Å². The van der Waals surface area contributed by atoms with E-state index >= 15 is 0 Å². The highest BCUT2D eigenvalue weighted by Gasteiger charge is 2.33. The van der Waals surface area contributed by atoms with E-state index in [2.05, 4.69) is 22.3 Å². The molecule has 1 aromatic carbocycles. The summed E-state index contributed by atoms with van der Waals surface area (Å²) in [7, 11) is 0. The van der Waals surface area contributed by atoms with Crippen LogP contribution >= 0.6 is 24.8 Å². The van der Waals surface area contributed by atoms with Gasteiger partial charge in [-0.05, 0) is 36.5 Å². The fourth-order valence-electron chi connectivity index (χ4n) is 3.40. The molecule has 1 aromatic rings. The summed E-state index contributed by atoms with van der Waals surface area (Å²) in [6, 6.07) is 8.62. The van der Waals surface area contributed by atoms with Crippen molar-refractivity contribution in [3.8, 4) is 5.75 Å². The number of benzene rings is 1. The molecule has 1 atom stereocenters. The first-order valence-corrected chi connectivity index (χ1v) is 7.97. The largest absolute Gasteiger partial charge is 0.427 e. The zero-order valence-corrected chi connectivity index (χ0v) is 15.1. The Hall–Kier alpha value is -0.810. The van der Waals surface area contributed by atoms with Gasteiger partial charge < -0.3 is 10.1 Å². The molecule has 0 aromatic heterocycles. The van der Waals surface area contributed by atoms with Crippen molar-refractivity contribution in [3.05, 3.63) is 29.8 Å². The highest BCUT2D eigenvalue weighted by molar-refractivity contribution is 5.85. The van der Waals surface area contributed by atoms with E-state index in [4.69, 9.17) is 4.74 Å². The summed E-state index contributed by atoms with van der Waals surface area (Å²) < 4.78 is 5.13. The smallest absolute Gasteiger partial charge is 0.308 e. The molecule has 4 nitrogen and oxygen atoms in total. The molecule has 1 aliphatic heterocycles. The predicted octanol–water partition coefficient (Wildman–Crippen LogP) is 3.20. The standard InChI is InChI=1S/C17H24N2O2.2ClH/c1-13(20)21-16-7-5-15(6-8-16)17(14-3-2-4-14)19-11-9-18-10-12-19;;/h5-8,14,17-18H,2-4,9-12H2,1H3;2*1H/t17-;;/m0../s1. The van der Waals surface area contributed by atoms with Gasteiger partial charge in [0.05, 0.1) is 0 Å². The van der Waals surface area contributed by atoms with E-state index in [0.717, 1.165) is 32.1 Å². The van der Waals surface area contributed by atoms with Gasteiger partial charge in [-0.1, -0.05) is 18.6 Å². The molecule has 6 heteroatoms. The van der Waals surface area contributed by atoms with Crippen LogP contribution < -0.4 is 10.1 Å². The van der Waals surface area contributed by atoms with Gasteiger partial charge in [0.25, 0.3) is 0 Å². The lowest BCUT2D eigenvalue weighted by Crippen LogP contribution is -2.47. The minimum absolute atomic E-state index is 0. The Morgan fingerprint density at radius 3 is 2.26 bits per heavy atom. The minimum atomic E-state index is -0.264. The van der Waals surface area contributed by atoms with Crippen LogP contribution in [0.2, 0.25) is 0 Å². The Balaban J connectivity index is 0.00000132. The summed E-state index contributed by atoms with van der Waals surface area (Å²) in [4.78, 5) is 13.6. The number of carbonyl (C=O) groups is 1. The number of nitrogens with zero attached hydrogens (tertiary/aromatic N) is 1. The van der Waals surface area contributed by atoms with E-state index in [9.17, 15) is 4.79 Å². The van der Waals surface area contributed by atoms with Crippen molar-refractivity contribution in [2.75, 3.05) is 26.2 Å². The Kier molecular flexibility index (Phi) is 8.34. The molecule has 0 spiro atoms. The molecule has 1 saturated heterocycles. The van der Waals surface area contributed by atoms with Crippen molar-refractivity contribution in [1.29, 1.82) is 0 Å². The maximum atomic E-state index is 11.0. The first-order valence-electron chi connectivity index (χ1n) is 7.97. The van der Waals surface area contributed by atoms with Gasteiger partial charge in [-0.3, -0.25) is 9.69 Å². The van der Waals surface area contributed by atoms with Gasteiger partial charge in [0, 0.05) is 39.1 Å². The van der Waals surface area contributed by atoms with Crippen LogP contribution in [0, 0.1) is 5.92 Å². The highest BCUT2D eigenvalue weighted by Crippen LogP contribution is 2.41. The molecular formula is C17H26Cl2N2O2. The predicted molar refractivity (Wildman–Crippen MR) is 96.8 cm³/mol. The number of hydrogen-bond donors (Lipinski definition) is 1. The maximum Gasteiger partial charge on any atom is 0.308 e. The molecule has 130 valence electrons. The highest BCUT2D eigenvalue weighted by atomic mass is 35.5. The quantitative estimate of drug-likeness (QED) is 0.661. The van der Waals surface area contributed by atoms with Crippen LogP contribution in [0.15, 0.2) is 24.3 Å². The van der Waals surface area contributed by atoms with Crippen LogP contribution in [0.5, 0.6) is 5.75 Å². The van der Waals surface area contributed by atoms with Crippen LogP contribution in [0.1, 0.15) is 37.8 Å². The number of esters is 1. The third-order valence-corrected chi connectivity index (χ3v) is 4.62. The van der Waals surface area contributed by atoms with Crippen LogP contribution in [-0.2, 0) is 4.79 Å². The van der Waals surface area contributed by atoms with Crippen LogP contribution in [0.4, 0.5) is 0 Å². The van der Waals surface area contributed by atoms with Crippen molar-refractivity contribution in [1.82, 2.24) is 10.2 Å². The van der Waals surface area contributed by atoms with Crippen molar-refractivity contribution in [3.63, 3.8) is 0 Å². The average molecular weight is 361 g/mol. The lowest BCUT2D eigenvalue weighted by Gasteiger charge is -2.43. The molecule has 0 radical (unpaired) electrons. The van der Waals surface area contributed by atoms with E-state index in [1.165, 1.54) is 31.7 Å². The van der Waals surface area contributed by atoms with E-state index in [1.54, 1.807) is 0 Å². The summed E-state index contributed by atoms with van der Waals surface area (Å²) in [5, 5.41) is 3.43. The Morgan fingerprint density at radius 2 is 1.78 bits per heavy atom. The number of carbonyl (C=O) groups excluding carboxylic acids is 1. The summed E-state index contributed by atoms with van der Waals surface area (Å²) in [5.74, 6) is 1.15. The lowest BCUT2D eigenvalue weighted by atomic mass is 9.76. The molecular weight excluding hydrogens is 335 g/mol. The molecule has 1 saturated carbocycles. The van der Waals surface area contributed by atoms with E-state index in [0.29, 0.717) is 11.8 Å². The van der Waals surface area contributed by atoms with Crippen LogP contribution in [0.25, 0.3) is 0 Å². The average Bonchev–Trinajstić information content (AvgIpc) is 2.44. The number of halogens is 2. The Bertz CT molecular complexity index is 486. The monoisotopic (exact) mass is 360 g/mol. The number of rotatable bonds is 4. The summed E-state index contributed by atoms with van der Waals surface area (Å²) >= 11 is 0. The fraction of sp³-hybridized carbons (Fsp3) is 0.588. The van der Waals surface area contributed by atoms with Gasteiger partial charge in [0.1, 0.15) is 5.75 Å². The molecule has 0 amide bonds. The van der Waals surface area contributed by atoms with Gasteiger partial charge in [-0.15, -0.1) is 24.8 Å². The molecule has 1 heterocycles. The second-order valence-corrected chi connectivity index (χ2v) is 6.08. The van der Waals surface area contributed by atoms with Gasteiger partial charge in [-0.2, -0.15) is 0 Å². The summed E-state index contributed by atoms with van der Waals surface area (Å²) in [5.41, 5.74) is 1.36. The third kappa shape index (κ3) is 5.08. The number of ether oxygens (including phenoxy) is 1. The second-order valence-electron chi connectivity index (χ2n) is 6.08. The number of nitrogens with one attached hydrogen (secondary N) is 1. The molecule has 3 rings (SSSR count). The number of piperazine rings is 1. The number of hydrogen-bond acceptors (Lipinski definition) is 4. The minimum Gasteiger partial charge on any atom is -0.427 e. The van der Waals surface area contributed by atoms with Gasteiger partial charge >= 0.3 is 5.97 Å². The van der Waals surface area contributed by atoms with Gasteiger partial charge in [0.2, 0.25) is 0 Å². The summed E-state index contributed by atoms with van der Waals surface area (Å²) in [6.07, 6.45) is 4.03. The molecule has 1 aliphatic carbocycles. The fourth-order valence-corrected chi connectivity index (χ4v) is 3.40. The molecule has 1 N–H and O–H groups in total. The first-order chi connectivity index (χ1) is 10.2. The van der Waals surface area contributed by atoms with E-state index in [1.807, 2.05) is 12.1 Å². The Morgan fingerprint density at radius 1 is 1.17 bits per heavy atom. The van der Waals surface area contributed by atoms with E-state index in [-0.39, 0.29) is 30.8 Å². The normalized spacial score (nSPS) is 19.7. The maximum absolute atomic E-state index is 11.0. The summed E-state index contributed by atoms with van der Waals surface area (Å²) in [6.45, 7) is 5.83. The van der Waals surface area contributed by atoms with Gasteiger partial charge in [-0.25, -0.2) is 0 Å². The zero-order valence-electron chi connectivity index (χ0n) is 13.5. The molecule has 23 heavy (non-hydrogen) atoms. The molecule has 0 unspecified atom stereocenters. The lowest BCUT2D eigenvalue weighted by molar-refractivity contribution is -0.131. The van der Waals surface area contributed by atoms with Crippen molar-refractivity contribution < 1.29 is 9.53 Å². The van der Waals surface area contributed by atoms with Crippen molar-refractivity contribution >= 4 is 30.8 Å². The molecule has 2 aliphatic rings. The Labute approximate surface area is 150 Å². The van der Waals surface area contributed by atoms with Crippen LogP contribution in [-0.4, -0.2) is 37.0 Å². The first kappa shape index (κ1) is 20.2.